The van der Waals surface area contributed by atoms with Crippen molar-refractivity contribution in [1.29, 1.82) is 0 Å². The van der Waals surface area contributed by atoms with Crippen molar-refractivity contribution >= 4 is 6.03 Å². The molecule has 4 nitrogen and oxygen atoms in total. The molecule has 0 atom stereocenters. The maximum atomic E-state index is 11.8. The third kappa shape index (κ3) is 6.05. The molecule has 0 aromatic heterocycles. The highest BCUT2D eigenvalue weighted by Gasteiger charge is 2.15. The van der Waals surface area contributed by atoms with Crippen molar-refractivity contribution in [2.24, 2.45) is 0 Å². The van der Waals surface area contributed by atoms with E-state index in [2.05, 4.69) is 22.8 Å². The van der Waals surface area contributed by atoms with Gasteiger partial charge in [-0.25, -0.2) is 4.79 Å². The molecule has 4 heteroatoms. The van der Waals surface area contributed by atoms with Gasteiger partial charge in [0.05, 0.1) is 5.60 Å². The van der Waals surface area contributed by atoms with E-state index in [4.69, 9.17) is 0 Å². The zero-order valence-corrected chi connectivity index (χ0v) is 14.4. The van der Waals surface area contributed by atoms with Crippen molar-refractivity contribution in [3.8, 4) is 0 Å². The number of amides is 2. The molecule has 24 heavy (non-hydrogen) atoms. The Kier molecular flexibility index (Phi) is 6.38. The molecule has 0 bridgehead atoms. The Bertz CT molecular complexity index is 631. The maximum Gasteiger partial charge on any atom is 0.315 e. The van der Waals surface area contributed by atoms with E-state index in [9.17, 15) is 9.90 Å². The van der Waals surface area contributed by atoms with Crippen LogP contribution in [0.5, 0.6) is 0 Å². The molecule has 2 aromatic carbocycles. The number of hydrogen-bond acceptors (Lipinski definition) is 2. The smallest absolute Gasteiger partial charge is 0.315 e. The van der Waals surface area contributed by atoms with Gasteiger partial charge >= 0.3 is 6.03 Å². The highest BCUT2D eigenvalue weighted by atomic mass is 16.3. The van der Waals surface area contributed by atoms with Gasteiger partial charge in [-0.05, 0) is 43.4 Å². The number of rotatable bonds is 7. The van der Waals surface area contributed by atoms with Gasteiger partial charge in [0.15, 0.2) is 0 Å². The van der Waals surface area contributed by atoms with Crippen LogP contribution in [0.1, 0.15) is 37.0 Å². The van der Waals surface area contributed by atoms with E-state index in [-0.39, 0.29) is 6.03 Å². The number of carbonyl (C=O) groups excluding carboxylic acids is 1. The van der Waals surface area contributed by atoms with Crippen LogP contribution in [0.3, 0.4) is 0 Å². The summed E-state index contributed by atoms with van der Waals surface area (Å²) in [5.74, 6) is 0. The first-order valence-electron chi connectivity index (χ1n) is 8.32. The minimum Gasteiger partial charge on any atom is -0.386 e. The molecule has 2 aromatic rings. The molecule has 128 valence electrons. The third-order valence-electron chi connectivity index (χ3n) is 3.88. The zero-order valence-electron chi connectivity index (χ0n) is 14.4. The minimum atomic E-state index is -0.845. The van der Waals surface area contributed by atoms with Crippen LogP contribution in [0, 0.1) is 0 Å². The summed E-state index contributed by atoms with van der Waals surface area (Å²) >= 11 is 0. The molecule has 0 aliphatic rings. The lowest BCUT2D eigenvalue weighted by atomic mass is 9.97. The molecule has 0 spiro atoms. The van der Waals surface area contributed by atoms with Crippen molar-refractivity contribution in [1.82, 2.24) is 10.6 Å². The number of nitrogens with one attached hydrogen (secondary N) is 2. The molecular weight excluding hydrogens is 300 g/mol. The number of carbonyl (C=O) groups is 1. The Morgan fingerprint density at radius 1 is 0.958 bits per heavy atom. The van der Waals surface area contributed by atoms with Crippen molar-refractivity contribution in [2.45, 2.75) is 38.8 Å². The van der Waals surface area contributed by atoms with Crippen LogP contribution < -0.4 is 10.6 Å². The Morgan fingerprint density at radius 3 is 2.25 bits per heavy atom. The number of hydrogen-bond donors (Lipinski definition) is 3. The van der Waals surface area contributed by atoms with Gasteiger partial charge in [-0.1, -0.05) is 54.6 Å². The van der Waals surface area contributed by atoms with Gasteiger partial charge < -0.3 is 15.7 Å². The summed E-state index contributed by atoms with van der Waals surface area (Å²) < 4.78 is 0. The van der Waals surface area contributed by atoms with Crippen molar-refractivity contribution < 1.29 is 9.90 Å². The Balaban J connectivity index is 1.66. The van der Waals surface area contributed by atoms with Crippen LogP contribution in [0.15, 0.2) is 54.6 Å². The number of aliphatic hydroxyl groups is 1. The van der Waals surface area contributed by atoms with E-state index >= 15 is 0 Å². The Hall–Kier alpha value is -2.33. The average molecular weight is 326 g/mol. The third-order valence-corrected chi connectivity index (χ3v) is 3.88. The normalized spacial score (nSPS) is 11.1. The van der Waals surface area contributed by atoms with Gasteiger partial charge in [-0.2, -0.15) is 0 Å². The largest absolute Gasteiger partial charge is 0.386 e. The fraction of sp³-hybridized carbons (Fsp3) is 0.350. The van der Waals surface area contributed by atoms with E-state index in [1.54, 1.807) is 13.8 Å². The minimum absolute atomic E-state index is 0.158. The lowest BCUT2D eigenvalue weighted by molar-refractivity contribution is 0.0786. The van der Waals surface area contributed by atoms with E-state index in [1.165, 1.54) is 5.56 Å². The summed E-state index contributed by atoms with van der Waals surface area (Å²) in [5, 5.41) is 15.6. The summed E-state index contributed by atoms with van der Waals surface area (Å²) in [6, 6.07) is 17.7. The SMILES string of the molecule is CC(C)(O)c1ccc(CNC(=O)NCCCc2ccccc2)cc1. The van der Waals surface area contributed by atoms with Crippen LogP contribution in [-0.4, -0.2) is 17.7 Å². The second kappa shape index (κ2) is 8.50. The second-order valence-corrected chi connectivity index (χ2v) is 6.45. The summed E-state index contributed by atoms with van der Waals surface area (Å²) in [7, 11) is 0. The molecule has 0 aliphatic carbocycles. The maximum absolute atomic E-state index is 11.8. The first-order chi connectivity index (χ1) is 11.4. The fourth-order valence-corrected chi connectivity index (χ4v) is 2.41. The summed E-state index contributed by atoms with van der Waals surface area (Å²) in [6.07, 6.45) is 1.87. The van der Waals surface area contributed by atoms with E-state index in [0.29, 0.717) is 13.1 Å². The molecule has 0 saturated heterocycles. The summed E-state index contributed by atoms with van der Waals surface area (Å²) in [5.41, 5.74) is 2.30. The quantitative estimate of drug-likeness (QED) is 0.683. The van der Waals surface area contributed by atoms with E-state index in [0.717, 1.165) is 24.0 Å². The van der Waals surface area contributed by atoms with E-state index < -0.39 is 5.60 Å². The number of aryl methyl sites for hydroxylation is 1. The van der Waals surface area contributed by atoms with Gasteiger partial charge in [0.25, 0.3) is 0 Å². The molecule has 0 saturated carbocycles. The first-order valence-corrected chi connectivity index (χ1v) is 8.32. The Labute approximate surface area is 143 Å². The second-order valence-electron chi connectivity index (χ2n) is 6.45. The van der Waals surface area contributed by atoms with Crippen LogP contribution in [0.2, 0.25) is 0 Å². The van der Waals surface area contributed by atoms with Gasteiger partial charge in [-0.15, -0.1) is 0 Å². The molecular formula is C20H26N2O2. The molecule has 3 N–H and O–H groups in total. The number of urea groups is 1. The van der Waals surface area contributed by atoms with Gasteiger partial charge in [0, 0.05) is 13.1 Å². The topological polar surface area (TPSA) is 61.4 Å². The highest BCUT2D eigenvalue weighted by molar-refractivity contribution is 5.73. The van der Waals surface area contributed by atoms with Gasteiger partial charge in [0.1, 0.15) is 0 Å². The first kappa shape index (κ1) is 18.0. The predicted octanol–water partition coefficient (Wildman–Crippen LogP) is 3.35. The molecule has 0 fully saturated rings. The van der Waals surface area contributed by atoms with Crippen LogP contribution in [0.25, 0.3) is 0 Å². The lowest BCUT2D eigenvalue weighted by Gasteiger charge is -2.18. The molecule has 0 unspecified atom stereocenters. The Morgan fingerprint density at radius 2 is 1.62 bits per heavy atom. The lowest BCUT2D eigenvalue weighted by Crippen LogP contribution is -2.35. The van der Waals surface area contributed by atoms with Crippen molar-refractivity contribution in [2.75, 3.05) is 6.54 Å². The molecule has 0 heterocycles. The standard InChI is InChI=1S/C20H26N2O2/c1-20(2,24)18-12-10-17(11-13-18)15-22-19(23)21-14-6-9-16-7-4-3-5-8-16/h3-5,7-8,10-13,24H,6,9,14-15H2,1-2H3,(H2,21,22,23). The van der Waals surface area contributed by atoms with E-state index in [1.807, 2.05) is 42.5 Å². The fourth-order valence-electron chi connectivity index (χ4n) is 2.41. The predicted molar refractivity (Wildman–Crippen MR) is 96.7 cm³/mol. The van der Waals surface area contributed by atoms with Gasteiger partial charge in [0.2, 0.25) is 0 Å². The zero-order chi connectivity index (χ0) is 17.4. The van der Waals surface area contributed by atoms with Crippen molar-refractivity contribution in [3.63, 3.8) is 0 Å². The molecule has 2 rings (SSSR count). The number of benzene rings is 2. The average Bonchev–Trinajstić information content (AvgIpc) is 2.57. The van der Waals surface area contributed by atoms with Crippen LogP contribution >= 0.6 is 0 Å². The molecule has 0 aliphatic heterocycles. The van der Waals surface area contributed by atoms with Crippen LogP contribution in [0.4, 0.5) is 4.79 Å². The van der Waals surface area contributed by atoms with Crippen LogP contribution in [-0.2, 0) is 18.6 Å². The molecule has 2 amide bonds. The van der Waals surface area contributed by atoms with Crippen molar-refractivity contribution in [3.05, 3.63) is 71.3 Å². The highest BCUT2D eigenvalue weighted by Crippen LogP contribution is 2.19. The summed E-state index contributed by atoms with van der Waals surface area (Å²) in [4.78, 5) is 11.8. The monoisotopic (exact) mass is 326 g/mol. The van der Waals surface area contributed by atoms with Gasteiger partial charge in [-0.3, -0.25) is 0 Å². The summed E-state index contributed by atoms with van der Waals surface area (Å²) in [6.45, 7) is 4.63. The molecule has 0 radical (unpaired) electrons.